The second-order valence-electron chi connectivity index (χ2n) is 6.02. The number of hydrogen-bond donors (Lipinski definition) is 1. The van der Waals surface area contributed by atoms with Crippen molar-refractivity contribution in [3.8, 4) is 0 Å². The van der Waals surface area contributed by atoms with E-state index in [4.69, 9.17) is 16.3 Å². The van der Waals surface area contributed by atoms with Gasteiger partial charge in [-0.3, -0.25) is 4.79 Å². The maximum Gasteiger partial charge on any atom is 0.340 e. The van der Waals surface area contributed by atoms with Crippen molar-refractivity contribution in [2.24, 2.45) is 0 Å². The molecule has 0 aliphatic heterocycles. The van der Waals surface area contributed by atoms with E-state index in [1.54, 1.807) is 30.3 Å². The number of rotatable bonds is 6. The van der Waals surface area contributed by atoms with Crippen molar-refractivity contribution in [1.29, 1.82) is 0 Å². The summed E-state index contributed by atoms with van der Waals surface area (Å²) in [4.78, 5) is 25.1. The van der Waals surface area contributed by atoms with E-state index in [0.717, 1.165) is 28.2 Å². The zero-order chi connectivity index (χ0) is 19.4. The standard InChI is InChI=1S/C21H18ClNO3S/c1-13-6-5-9-16(14(13)2)23-17-8-4-3-7-15(17)21(25)26-12-18(24)19-10-11-20(22)27-19/h3-11,23H,12H2,1-2H3. The largest absolute Gasteiger partial charge is 0.454 e. The number of ketones is 1. The zero-order valence-electron chi connectivity index (χ0n) is 14.9. The molecule has 0 aliphatic carbocycles. The van der Waals surface area contributed by atoms with Crippen molar-refractivity contribution in [2.45, 2.75) is 13.8 Å². The van der Waals surface area contributed by atoms with Crippen LogP contribution in [0.25, 0.3) is 0 Å². The van der Waals surface area contributed by atoms with Gasteiger partial charge in [0.1, 0.15) is 0 Å². The number of Topliss-reactive ketones (excluding diaryl/α,β-unsaturated/α-hetero) is 1. The molecule has 3 rings (SSSR count). The van der Waals surface area contributed by atoms with Crippen molar-refractivity contribution in [1.82, 2.24) is 0 Å². The van der Waals surface area contributed by atoms with Crippen LogP contribution in [0.1, 0.15) is 31.2 Å². The lowest BCUT2D eigenvalue weighted by atomic mass is 10.1. The molecule has 1 heterocycles. The fraction of sp³-hybridized carbons (Fsp3) is 0.143. The number of carbonyl (C=O) groups excluding carboxylic acids is 2. The van der Waals surface area contributed by atoms with Crippen LogP contribution in [-0.2, 0) is 4.74 Å². The minimum Gasteiger partial charge on any atom is -0.454 e. The van der Waals surface area contributed by atoms with Crippen LogP contribution in [0.3, 0.4) is 0 Å². The SMILES string of the molecule is Cc1cccc(Nc2ccccc2C(=O)OCC(=O)c2ccc(Cl)s2)c1C. The topological polar surface area (TPSA) is 55.4 Å². The van der Waals surface area contributed by atoms with Gasteiger partial charge >= 0.3 is 5.97 Å². The summed E-state index contributed by atoms with van der Waals surface area (Å²) >= 11 is 7.00. The molecule has 2 aromatic carbocycles. The third kappa shape index (κ3) is 4.56. The Hall–Kier alpha value is -2.63. The molecule has 0 fully saturated rings. The van der Waals surface area contributed by atoms with Crippen LogP contribution in [0.4, 0.5) is 11.4 Å². The summed E-state index contributed by atoms with van der Waals surface area (Å²) in [7, 11) is 0. The quantitative estimate of drug-likeness (QED) is 0.420. The summed E-state index contributed by atoms with van der Waals surface area (Å²) in [5.41, 5.74) is 4.17. The molecule has 0 unspecified atom stereocenters. The molecule has 0 radical (unpaired) electrons. The monoisotopic (exact) mass is 399 g/mol. The summed E-state index contributed by atoms with van der Waals surface area (Å²) in [6.07, 6.45) is 0. The molecule has 1 N–H and O–H groups in total. The van der Waals surface area contributed by atoms with Gasteiger partial charge in [-0.25, -0.2) is 4.79 Å². The van der Waals surface area contributed by atoms with E-state index >= 15 is 0 Å². The van der Waals surface area contributed by atoms with Gasteiger partial charge in [-0.15, -0.1) is 11.3 Å². The molecule has 138 valence electrons. The normalized spacial score (nSPS) is 10.5. The van der Waals surface area contributed by atoms with E-state index in [9.17, 15) is 9.59 Å². The number of anilines is 2. The van der Waals surface area contributed by atoms with Gasteiger partial charge in [-0.2, -0.15) is 0 Å². The Morgan fingerprint density at radius 3 is 2.48 bits per heavy atom. The number of para-hydroxylation sites is 1. The van der Waals surface area contributed by atoms with Crippen LogP contribution >= 0.6 is 22.9 Å². The van der Waals surface area contributed by atoms with Gasteiger partial charge in [0.15, 0.2) is 6.61 Å². The maximum absolute atomic E-state index is 12.5. The van der Waals surface area contributed by atoms with Gasteiger partial charge < -0.3 is 10.1 Å². The van der Waals surface area contributed by atoms with Crippen LogP contribution in [-0.4, -0.2) is 18.4 Å². The summed E-state index contributed by atoms with van der Waals surface area (Å²) in [6, 6.07) is 16.3. The summed E-state index contributed by atoms with van der Waals surface area (Å²) in [5.74, 6) is -0.834. The highest BCUT2D eigenvalue weighted by Crippen LogP contribution is 2.26. The molecule has 6 heteroatoms. The first-order valence-corrected chi connectivity index (χ1v) is 9.53. The highest BCUT2D eigenvalue weighted by molar-refractivity contribution is 7.18. The van der Waals surface area contributed by atoms with Crippen molar-refractivity contribution >= 4 is 46.1 Å². The highest BCUT2D eigenvalue weighted by atomic mass is 35.5. The van der Waals surface area contributed by atoms with E-state index in [1.165, 1.54) is 0 Å². The number of hydrogen-bond acceptors (Lipinski definition) is 5. The summed E-state index contributed by atoms with van der Waals surface area (Å²) in [6.45, 7) is 3.72. The van der Waals surface area contributed by atoms with Gasteiger partial charge in [-0.1, -0.05) is 35.9 Å². The van der Waals surface area contributed by atoms with Gasteiger partial charge in [0.25, 0.3) is 0 Å². The van der Waals surface area contributed by atoms with Gasteiger partial charge in [0.2, 0.25) is 5.78 Å². The maximum atomic E-state index is 12.5. The minimum atomic E-state index is -0.556. The number of carbonyl (C=O) groups is 2. The molecule has 0 saturated carbocycles. The second-order valence-corrected chi connectivity index (χ2v) is 7.74. The number of benzene rings is 2. The zero-order valence-corrected chi connectivity index (χ0v) is 16.5. The molecule has 0 spiro atoms. The molecular formula is C21H18ClNO3S. The first-order chi connectivity index (χ1) is 13.0. The number of thiophene rings is 1. The number of esters is 1. The molecular weight excluding hydrogens is 382 g/mol. The summed E-state index contributed by atoms with van der Waals surface area (Å²) in [5, 5.41) is 3.28. The van der Waals surface area contributed by atoms with E-state index in [-0.39, 0.29) is 12.4 Å². The Kier molecular flexibility index (Phi) is 5.94. The molecule has 4 nitrogen and oxygen atoms in total. The van der Waals surface area contributed by atoms with Crippen molar-refractivity contribution in [3.63, 3.8) is 0 Å². The minimum absolute atomic E-state index is 0.278. The predicted molar refractivity (Wildman–Crippen MR) is 110 cm³/mol. The van der Waals surface area contributed by atoms with Crippen molar-refractivity contribution in [3.05, 3.63) is 80.5 Å². The van der Waals surface area contributed by atoms with Crippen molar-refractivity contribution in [2.75, 3.05) is 11.9 Å². The Morgan fingerprint density at radius 1 is 1.00 bits per heavy atom. The van der Waals surface area contributed by atoms with Crippen LogP contribution in [0.5, 0.6) is 0 Å². The first kappa shape index (κ1) is 19.1. The van der Waals surface area contributed by atoms with Gasteiger partial charge in [0.05, 0.1) is 20.5 Å². The van der Waals surface area contributed by atoms with Gasteiger partial charge in [-0.05, 0) is 55.3 Å². The average Bonchev–Trinajstić information content (AvgIpc) is 3.10. The Labute approximate surface area is 166 Å². The fourth-order valence-corrected chi connectivity index (χ4v) is 3.51. The fourth-order valence-electron chi connectivity index (χ4n) is 2.55. The third-order valence-electron chi connectivity index (χ3n) is 4.20. The van der Waals surface area contributed by atoms with E-state index < -0.39 is 5.97 Å². The van der Waals surface area contributed by atoms with Crippen LogP contribution in [0, 0.1) is 13.8 Å². The number of ether oxygens (including phenoxy) is 1. The second kappa shape index (κ2) is 8.37. The Bertz CT molecular complexity index is 997. The first-order valence-electron chi connectivity index (χ1n) is 8.33. The van der Waals surface area contributed by atoms with Gasteiger partial charge in [0, 0.05) is 5.69 Å². The lowest BCUT2D eigenvalue weighted by molar-refractivity contribution is 0.0477. The van der Waals surface area contributed by atoms with Crippen LogP contribution < -0.4 is 5.32 Å². The predicted octanol–water partition coefficient (Wildman–Crippen LogP) is 5.80. The molecule has 27 heavy (non-hydrogen) atoms. The third-order valence-corrected chi connectivity index (χ3v) is 5.48. The van der Waals surface area contributed by atoms with Crippen LogP contribution in [0.2, 0.25) is 4.34 Å². The molecule has 0 aliphatic rings. The molecule has 0 amide bonds. The average molecular weight is 400 g/mol. The lowest BCUT2D eigenvalue weighted by Crippen LogP contribution is -2.14. The number of aryl methyl sites for hydroxylation is 1. The van der Waals surface area contributed by atoms with E-state index in [1.807, 2.05) is 38.1 Å². The Morgan fingerprint density at radius 2 is 1.74 bits per heavy atom. The number of nitrogens with one attached hydrogen (secondary N) is 1. The lowest BCUT2D eigenvalue weighted by Gasteiger charge is -2.14. The number of halogens is 1. The smallest absolute Gasteiger partial charge is 0.340 e. The Balaban J connectivity index is 1.74. The summed E-state index contributed by atoms with van der Waals surface area (Å²) < 4.78 is 5.74. The highest BCUT2D eigenvalue weighted by Gasteiger charge is 2.16. The molecule has 0 bridgehead atoms. The molecule has 3 aromatic rings. The molecule has 0 atom stereocenters. The van der Waals surface area contributed by atoms with Crippen LogP contribution in [0.15, 0.2) is 54.6 Å². The van der Waals surface area contributed by atoms with E-state index in [2.05, 4.69) is 5.32 Å². The van der Waals surface area contributed by atoms with Crippen molar-refractivity contribution < 1.29 is 14.3 Å². The molecule has 0 saturated heterocycles. The van der Waals surface area contributed by atoms with E-state index in [0.29, 0.717) is 20.5 Å². The molecule has 1 aromatic heterocycles.